The Kier molecular flexibility index (Phi) is 4.38. The third-order valence-corrected chi connectivity index (χ3v) is 3.99. The predicted octanol–water partition coefficient (Wildman–Crippen LogP) is 4.36. The first-order chi connectivity index (χ1) is 11.6. The van der Waals surface area contributed by atoms with Crippen LogP contribution in [0.2, 0.25) is 0 Å². The minimum atomic E-state index is -0.143. The zero-order valence-electron chi connectivity index (χ0n) is 14.0. The highest BCUT2D eigenvalue weighted by molar-refractivity contribution is 6.04. The summed E-state index contributed by atoms with van der Waals surface area (Å²) in [6, 6.07) is 19.1. The van der Waals surface area contributed by atoms with Crippen LogP contribution >= 0.6 is 0 Å². The zero-order valence-corrected chi connectivity index (χ0v) is 14.0. The minimum Gasteiger partial charge on any atom is -0.497 e. The highest BCUT2D eigenvalue weighted by atomic mass is 16.5. The molecular weight excluding hydrogens is 300 g/mol. The van der Waals surface area contributed by atoms with Crippen LogP contribution in [-0.4, -0.2) is 17.6 Å². The van der Waals surface area contributed by atoms with Gasteiger partial charge >= 0.3 is 0 Å². The highest BCUT2D eigenvalue weighted by Crippen LogP contribution is 2.19. The van der Waals surface area contributed by atoms with Crippen LogP contribution in [0.5, 0.6) is 5.75 Å². The molecule has 0 saturated carbocycles. The van der Waals surface area contributed by atoms with Crippen LogP contribution in [0.4, 0.5) is 5.69 Å². The Balaban J connectivity index is 1.79. The van der Waals surface area contributed by atoms with Crippen LogP contribution < -0.4 is 10.1 Å². The molecule has 0 atom stereocenters. The summed E-state index contributed by atoms with van der Waals surface area (Å²) in [5.74, 6) is 0.567. The lowest BCUT2D eigenvalue weighted by Crippen LogP contribution is -2.12. The molecule has 1 heterocycles. The molecule has 0 saturated heterocycles. The first-order valence-electron chi connectivity index (χ1n) is 7.79. The molecule has 3 aromatic rings. The number of ether oxygens (including phenoxy) is 1. The number of aromatic nitrogens is 1. The topological polar surface area (TPSA) is 43.3 Å². The van der Waals surface area contributed by atoms with Gasteiger partial charge in [0, 0.05) is 34.4 Å². The van der Waals surface area contributed by atoms with Crippen molar-refractivity contribution in [3.63, 3.8) is 0 Å². The number of methoxy groups -OCH3 is 1. The van der Waals surface area contributed by atoms with Gasteiger partial charge in [-0.3, -0.25) is 4.79 Å². The molecule has 0 bridgehead atoms. The van der Waals surface area contributed by atoms with Crippen molar-refractivity contribution in [2.75, 3.05) is 12.4 Å². The largest absolute Gasteiger partial charge is 0.497 e. The number of anilines is 1. The molecule has 0 unspecified atom stereocenters. The number of rotatable bonds is 4. The summed E-state index contributed by atoms with van der Waals surface area (Å²) in [5, 5.41) is 2.88. The first kappa shape index (κ1) is 15.9. The molecule has 0 aliphatic heterocycles. The van der Waals surface area contributed by atoms with Crippen LogP contribution in [-0.2, 0) is 0 Å². The van der Waals surface area contributed by atoms with Gasteiger partial charge in [0.2, 0.25) is 0 Å². The lowest BCUT2D eigenvalue weighted by atomic mass is 10.2. The number of benzene rings is 2. The average molecular weight is 320 g/mol. The predicted molar refractivity (Wildman–Crippen MR) is 96.2 cm³/mol. The van der Waals surface area contributed by atoms with E-state index in [0.29, 0.717) is 17.0 Å². The second-order valence-electron chi connectivity index (χ2n) is 5.68. The fourth-order valence-corrected chi connectivity index (χ4v) is 2.74. The molecule has 1 amide bonds. The molecule has 4 heteroatoms. The lowest BCUT2D eigenvalue weighted by molar-refractivity contribution is 0.102. The van der Waals surface area contributed by atoms with E-state index in [-0.39, 0.29) is 5.91 Å². The van der Waals surface area contributed by atoms with Gasteiger partial charge in [-0.25, -0.2) is 0 Å². The van der Waals surface area contributed by atoms with Gasteiger partial charge < -0.3 is 14.6 Å². The van der Waals surface area contributed by atoms with Gasteiger partial charge in [0.25, 0.3) is 5.91 Å². The van der Waals surface area contributed by atoms with Gasteiger partial charge in [-0.2, -0.15) is 0 Å². The van der Waals surface area contributed by atoms with Gasteiger partial charge in [-0.05, 0) is 62.4 Å². The van der Waals surface area contributed by atoms with Crippen LogP contribution in [0, 0.1) is 13.8 Å². The maximum atomic E-state index is 12.4. The highest BCUT2D eigenvalue weighted by Gasteiger charge is 2.08. The molecule has 3 rings (SSSR count). The quantitative estimate of drug-likeness (QED) is 0.776. The Labute approximate surface area is 141 Å². The molecule has 24 heavy (non-hydrogen) atoms. The number of carbonyl (C=O) groups excluding carboxylic acids is 1. The Hall–Kier alpha value is -3.01. The standard InChI is InChI=1S/C20H20N2O2/c1-14-7-8-15(2)22(14)18-11-9-16(10-12-18)20(23)21-17-5-4-6-19(13-17)24-3/h4-13H,1-3H3,(H,21,23). The van der Waals surface area contributed by atoms with E-state index < -0.39 is 0 Å². The second kappa shape index (κ2) is 6.62. The van der Waals surface area contributed by atoms with Crippen molar-refractivity contribution >= 4 is 11.6 Å². The fourth-order valence-electron chi connectivity index (χ4n) is 2.74. The Bertz CT molecular complexity index is 844. The summed E-state index contributed by atoms with van der Waals surface area (Å²) in [6.07, 6.45) is 0. The molecule has 0 spiro atoms. The van der Waals surface area contributed by atoms with Crippen LogP contribution in [0.25, 0.3) is 5.69 Å². The number of hydrogen-bond acceptors (Lipinski definition) is 2. The van der Waals surface area contributed by atoms with E-state index in [4.69, 9.17) is 4.74 Å². The lowest BCUT2D eigenvalue weighted by Gasteiger charge is -2.11. The van der Waals surface area contributed by atoms with E-state index in [1.165, 1.54) is 11.4 Å². The summed E-state index contributed by atoms with van der Waals surface area (Å²) in [6.45, 7) is 4.13. The SMILES string of the molecule is COc1cccc(NC(=O)c2ccc(-n3c(C)ccc3C)cc2)c1. The summed E-state index contributed by atoms with van der Waals surface area (Å²) in [5.41, 5.74) is 4.71. The van der Waals surface area contributed by atoms with Gasteiger partial charge in [0.15, 0.2) is 0 Å². The van der Waals surface area contributed by atoms with Crippen molar-refractivity contribution in [3.8, 4) is 11.4 Å². The smallest absolute Gasteiger partial charge is 0.255 e. The van der Waals surface area contributed by atoms with Crippen LogP contribution in [0.1, 0.15) is 21.7 Å². The molecular formula is C20H20N2O2. The Morgan fingerprint density at radius 2 is 1.62 bits per heavy atom. The maximum Gasteiger partial charge on any atom is 0.255 e. The van der Waals surface area contributed by atoms with Crippen molar-refractivity contribution < 1.29 is 9.53 Å². The number of carbonyl (C=O) groups is 1. The molecule has 4 nitrogen and oxygen atoms in total. The van der Waals surface area contributed by atoms with Gasteiger partial charge in [-0.1, -0.05) is 6.07 Å². The van der Waals surface area contributed by atoms with E-state index >= 15 is 0 Å². The third-order valence-electron chi connectivity index (χ3n) is 3.99. The zero-order chi connectivity index (χ0) is 17.1. The molecule has 122 valence electrons. The normalized spacial score (nSPS) is 10.5. The Morgan fingerprint density at radius 3 is 2.25 bits per heavy atom. The van der Waals surface area contributed by atoms with E-state index in [1.54, 1.807) is 13.2 Å². The van der Waals surface area contributed by atoms with Crippen molar-refractivity contribution in [1.29, 1.82) is 0 Å². The van der Waals surface area contributed by atoms with Gasteiger partial charge in [0.1, 0.15) is 5.75 Å². The number of nitrogens with one attached hydrogen (secondary N) is 1. The molecule has 2 aromatic carbocycles. The summed E-state index contributed by atoms with van der Waals surface area (Å²) in [4.78, 5) is 12.4. The van der Waals surface area contributed by atoms with Gasteiger partial charge in [0.05, 0.1) is 7.11 Å². The van der Waals surface area contributed by atoms with E-state index in [9.17, 15) is 4.79 Å². The molecule has 0 aliphatic carbocycles. The molecule has 0 aliphatic rings. The summed E-state index contributed by atoms with van der Waals surface area (Å²) < 4.78 is 7.32. The van der Waals surface area contributed by atoms with E-state index in [1.807, 2.05) is 42.5 Å². The first-order valence-corrected chi connectivity index (χ1v) is 7.79. The minimum absolute atomic E-state index is 0.143. The van der Waals surface area contributed by atoms with Crippen molar-refractivity contribution in [2.45, 2.75) is 13.8 Å². The molecule has 1 N–H and O–H groups in total. The van der Waals surface area contributed by atoms with Crippen molar-refractivity contribution in [2.24, 2.45) is 0 Å². The maximum absolute atomic E-state index is 12.4. The fraction of sp³-hybridized carbons (Fsp3) is 0.150. The second-order valence-corrected chi connectivity index (χ2v) is 5.68. The summed E-state index contributed by atoms with van der Waals surface area (Å²) in [7, 11) is 1.60. The molecule has 0 fully saturated rings. The summed E-state index contributed by atoms with van der Waals surface area (Å²) >= 11 is 0. The average Bonchev–Trinajstić information content (AvgIpc) is 2.94. The number of amides is 1. The number of aryl methyl sites for hydroxylation is 2. The number of nitrogens with zero attached hydrogens (tertiary/aromatic N) is 1. The number of hydrogen-bond donors (Lipinski definition) is 1. The monoisotopic (exact) mass is 320 g/mol. The third kappa shape index (κ3) is 3.18. The van der Waals surface area contributed by atoms with E-state index in [2.05, 4.69) is 35.9 Å². The van der Waals surface area contributed by atoms with E-state index in [0.717, 1.165) is 5.69 Å². The molecule has 1 aromatic heterocycles. The molecule has 0 radical (unpaired) electrons. The van der Waals surface area contributed by atoms with Crippen molar-refractivity contribution in [3.05, 3.63) is 77.6 Å². The van der Waals surface area contributed by atoms with Gasteiger partial charge in [-0.15, -0.1) is 0 Å². The Morgan fingerprint density at radius 1 is 0.958 bits per heavy atom. The van der Waals surface area contributed by atoms with Crippen LogP contribution in [0.3, 0.4) is 0 Å². The van der Waals surface area contributed by atoms with Crippen LogP contribution in [0.15, 0.2) is 60.7 Å². The van der Waals surface area contributed by atoms with Crippen molar-refractivity contribution in [1.82, 2.24) is 4.57 Å².